The summed E-state index contributed by atoms with van der Waals surface area (Å²) in [6, 6.07) is 10.6. The second-order valence-corrected chi connectivity index (χ2v) is 9.14. The monoisotopic (exact) mass is 500 g/mol. The van der Waals surface area contributed by atoms with Crippen LogP contribution in [0, 0.1) is 6.92 Å². The van der Waals surface area contributed by atoms with Crippen LogP contribution in [0.4, 0.5) is 5.95 Å². The number of hydrogen-bond donors (Lipinski definition) is 3. The van der Waals surface area contributed by atoms with Gasteiger partial charge in [0.05, 0.1) is 5.69 Å². The molecule has 1 aliphatic heterocycles. The fraction of sp³-hybridized carbons (Fsp3) is 0.250. The van der Waals surface area contributed by atoms with Crippen molar-refractivity contribution in [2.45, 2.75) is 32.7 Å². The van der Waals surface area contributed by atoms with Crippen LogP contribution in [0.15, 0.2) is 89.2 Å². The lowest BCUT2D eigenvalue weighted by atomic mass is 10.1. The number of thiol groups is 1. The van der Waals surface area contributed by atoms with Gasteiger partial charge in [-0.1, -0.05) is 55.1 Å². The number of allylic oxidation sites excluding steroid dienone is 3. The van der Waals surface area contributed by atoms with Gasteiger partial charge in [-0.15, -0.1) is 12.6 Å². The molecule has 0 saturated carbocycles. The van der Waals surface area contributed by atoms with Crippen LogP contribution >= 0.6 is 12.6 Å². The standard InChI is InChI=1S/C21H22N6O.C7H10S/c1-14-4-6-15(7-5-14)18-19(27-11-12-28-21(27)26-18)17-8-10-23-20(25-17)24-16-3-2-9-22-13-16;1-4-6(3)7(8)5-2/h4-8,10-12,16,22H,2-3,9,13H2,1H3,(H,23,24,25);4-5,8H,1-2H2,3H3/b;7-6+. The first kappa shape index (κ1) is 25.5. The lowest BCUT2D eigenvalue weighted by Crippen LogP contribution is -2.38. The minimum Gasteiger partial charge on any atom is -0.432 e. The van der Waals surface area contributed by atoms with Gasteiger partial charge in [-0.2, -0.15) is 4.98 Å². The van der Waals surface area contributed by atoms with Crippen molar-refractivity contribution in [2.24, 2.45) is 0 Å². The van der Waals surface area contributed by atoms with Crippen molar-refractivity contribution in [3.8, 4) is 22.6 Å². The van der Waals surface area contributed by atoms with Gasteiger partial charge in [-0.25, -0.2) is 9.97 Å². The third-order valence-electron chi connectivity index (χ3n) is 6.02. The van der Waals surface area contributed by atoms with Gasteiger partial charge in [0.2, 0.25) is 5.95 Å². The Kier molecular flexibility index (Phi) is 8.40. The van der Waals surface area contributed by atoms with Crippen LogP contribution in [-0.4, -0.2) is 38.5 Å². The van der Waals surface area contributed by atoms with Gasteiger partial charge in [-0.3, -0.25) is 4.40 Å². The zero-order valence-electron chi connectivity index (χ0n) is 20.7. The summed E-state index contributed by atoms with van der Waals surface area (Å²) in [6.45, 7) is 13.1. The van der Waals surface area contributed by atoms with Crippen LogP contribution in [-0.2, 0) is 0 Å². The topological polar surface area (TPSA) is 80.3 Å². The first-order chi connectivity index (χ1) is 17.5. The Morgan fingerprint density at radius 3 is 2.67 bits per heavy atom. The molecule has 5 rings (SSSR count). The number of aromatic nitrogens is 4. The quantitative estimate of drug-likeness (QED) is 0.220. The van der Waals surface area contributed by atoms with Crippen molar-refractivity contribution in [1.82, 2.24) is 24.7 Å². The first-order valence-corrected chi connectivity index (χ1v) is 12.4. The summed E-state index contributed by atoms with van der Waals surface area (Å²) < 4.78 is 7.48. The van der Waals surface area contributed by atoms with Crippen LogP contribution in [0.5, 0.6) is 0 Å². The highest BCUT2D eigenvalue weighted by atomic mass is 32.1. The van der Waals surface area contributed by atoms with E-state index in [9.17, 15) is 0 Å². The average Bonchev–Trinajstić information content (AvgIpc) is 3.51. The van der Waals surface area contributed by atoms with E-state index in [2.05, 4.69) is 72.6 Å². The number of aryl methyl sites for hydroxylation is 1. The van der Waals surface area contributed by atoms with Crippen molar-refractivity contribution < 1.29 is 4.42 Å². The van der Waals surface area contributed by atoms with Gasteiger partial charge in [0.1, 0.15) is 17.7 Å². The third kappa shape index (κ3) is 5.95. The highest BCUT2D eigenvalue weighted by Crippen LogP contribution is 2.32. The highest BCUT2D eigenvalue weighted by Gasteiger charge is 2.20. The van der Waals surface area contributed by atoms with Crippen molar-refractivity contribution in [3.05, 3.63) is 90.3 Å². The Morgan fingerprint density at radius 1 is 1.19 bits per heavy atom. The number of benzene rings is 1. The maximum Gasteiger partial charge on any atom is 0.306 e. The summed E-state index contributed by atoms with van der Waals surface area (Å²) >= 11 is 4.10. The predicted octanol–water partition coefficient (Wildman–Crippen LogP) is 6.09. The minimum atomic E-state index is 0.347. The molecule has 0 radical (unpaired) electrons. The van der Waals surface area contributed by atoms with Gasteiger partial charge < -0.3 is 15.1 Å². The van der Waals surface area contributed by atoms with Crippen LogP contribution in [0.25, 0.3) is 28.5 Å². The van der Waals surface area contributed by atoms with E-state index >= 15 is 0 Å². The van der Waals surface area contributed by atoms with Crippen molar-refractivity contribution in [1.29, 1.82) is 0 Å². The Bertz CT molecular complexity index is 1350. The molecule has 8 heteroatoms. The largest absolute Gasteiger partial charge is 0.432 e. The Morgan fingerprint density at radius 2 is 2.00 bits per heavy atom. The normalized spacial score (nSPS) is 16.0. The Hall–Kier alpha value is -3.62. The third-order valence-corrected chi connectivity index (χ3v) is 6.55. The van der Waals surface area contributed by atoms with Gasteiger partial charge in [0, 0.05) is 35.4 Å². The summed E-state index contributed by atoms with van der Waals surface area (Å²) in [5, 5.41) is 6.86. The zero-order valence-corrected chi connectivity index (χ0v) is 21.6. The highest BCUT2D eigenvalue weighted by molar-refractivity contribution is 7.84. The van der Waals surface area contributed by atoms with Crippen LogP contribution < -0.4 is 10.6 Å². The van der Waals surface area contributed by atoms with Gasteiger partial charge in [-0.05, 0) is 44.9 Å². The van der Waals surface area contributed by atoms with Crippen LogP contribution in [0.2, 0.25) is 0 Å². The van der Waals surface area contributed by atoms with E-state index in [1.165, 1.54) is 5.56 Å². The van der Waals surface area contributed by atoms with Crippen molar-refractivity contribution in [3.63, 3.8) is 0 Å². The summed E-state index contributed by atoms with van der Waals surface area (Å²) in [5.74, 6) is 1.19. The molecule has 0 spiro atoms. The van der Waals surface area contributed by atoms with E-state index in [0.29, 0.717) is 17.8 Å². The molecule has 1 aromatic carbocycles. The smallest absolute Gasteiger partial charge is 0.306 e. The maximum absolute atomic E-state index is 5.54. The average molecular weight is 501 g/mol. The molecule has 1 saturated heterocycles. The van der Waals surface area contributed by atoms with E-state index in [4.69, 9.17) is 14.4 Å². The number of nitrogens with zero attached hydrogens (tertiary/aromatic N) is 4. The summed E-state index contributed by atoms with van der Waals surface area (Å²) in [4.78, 5) is 14.8. The Balaban J connectivity index is 0.000000331. The van der Waals surface area contributed by atoms with E-state index in [1.54, 1.807) is 24.6 Å². The Labute approximate surface area is 217 Å². The van der Waals surface area contributed by atoms with Crippen LogP contribution in [0.1, 0.15) is 25.3 Å². The molecule has 0 aliphatic carbocycles. The van der Waals surface area contributed by atoms with E-state index in [0.717, 1.165) is 59.1 Å². The summed E-state index contributed by atoms with van der Waals surface area (Å²) in [5.41, 5.74) is 5.86. The molecule has 1 atom stereocenters. The molecular formula is C28H32N6OS. The number of imidazole rings is 1. The molecular weight excluding hydrogens is 468 g/mol. The summed E-state index contributed by atoms with van der Waals surface area (Å²) in [6.07, 6.45) is 11.0. The number of oxazole rings is 1. The number of rotatable bonds is 6. The number of nitrogens with one attached hydrogen (secondary N) is 2. The first-order valence-electron chi connectivity index (χ1n) is 12.0. The molecule has 186 valence electrons. The molecule has 0 bridgehead atoms. The second kappa shape index (κ2) is 11.9. The second-order valence-electron chi connectivity index (χ2n) is 8.66. The van der Waals surface area contributed by atoms with E-state index < -0.39 is 0 Å². The lowest BCUT2D eigenvalue weighted by molar-refractivity contribution is 0.478. The molecule has 36 heavy (non-hydrogen) atoms. The molecule has 4 aromatic rings. The summed E-state index contributed by atoms with van der Waals surface area (Å²) in [7, 11) is 0. The molecule has 2 N–H and O–H groups in total. The number of anilines is 1. The molecule has 1 fully saturated rings. The van der Waals surface area contributed by atoms with Gasteiger partial charge in [0.25, 0.3) is 0 Å². The molecule has 7 nitrogen and oxygen atoms in total. The maximum atomic E-state index is 5.54. The lowest BCUT2D eigenvalue weighted by Gasteiger charge is -2.23. The van der Waals surface area contributed by atoms with Crippen molar-refractivity contribution >= 4 is 24.4 Å². The van der Waals surface area contributed by atoms with Gasteiger partial charge in [0.15, 0.2) is 0 Å². The van der Waals surface area contributed by atoms with E-state index in [1.807, 2.05) is 23.6 Å². The molecule has 3 aromatic heterocycles. The van der Waals surface area contributed by atoms with E-state index in [-0.39, 0.29) is 0 Å². The zero-order chi connectivity index (χ0) is 25.5. The minimum absolute atomic E-state index is 0.347. The SMILES string of the molecule is C=C/C(C)=C(/S)C=C.Cc1ccc(-c2nc3occn3c2-c2ccnc(NC3CCCNC3)n2)cc1. The van der Waals surface area contributed by atoms with Crippen molar-refractivity contribution in [2.75, 3.05) is 18.4 Å². The number of piperidine rings is 1. The fourth-order valence-corrected chi connectivity index (χ4v) is 4.02. The molecule has 4 heterocycles. The molecule has 1 unspecified atom stereocenters. The fourth-order valence-electron chi connectivity index (χ4n) is 3.93. The van der Waals surface area contributed by atoms with Gasteiger partial charge >= 0.3 is 5.84 Å². The molecule has 1 aliphatic rings. The molecule has 0 amide bonds. The predicted molar refractivity (Wildman–Crippen MR) is 150 cm³/mol. The number of fused-ring (bicyclic) bond motifs is 1. The van der Waals surface area contributed by atoms with Crippen LogP contribution in [0.3, 0.4) is 0 Å². The number of hydrogen-bond acceptors (Lipinski definition) is 7.